The molecule has 1 aliphatic rings. The van der Waals surface area contributed by atoms with Crippen molar-refractivity contribution in [1.82, 2.24) is 0 Å². The van der Waals surface area contributed by atoms with Crippen molar-refractivity contribution in [3.63, 3.8) is 0 Å². The second-order valence-corrected chi connectivity index (χ2v) is 6.48. The molecule has 0 aromatic heterocycles. The zero-order chi connectivity index (χ0) is 19.3. The fourth-order valence-electron chi connectivity index (χ4n) is 3.22. The van der Waals surface area contributed by atoms with E-state index in [1.165, 1.54) is 5.56 Å². The highest BCUT2D eigenvalue weighted by atomic mass is 16.6. The molecule has 5 heteroatoms. The standard InChI is InChI=1S/C23H20O5/c24-23(25)22-21(27-19-12-6-7-13-20(19)28-22)17-10-4-5-11-18(17)26-15-14-16-8-2-1-3-9-16/h1-13,21-22H,14-15H2,(H,24,25). The fraction of sp³-hybridized carbons (Fsp3) is 0.174. The Kier molecular flexibility index (Phi) is 5.15. The molecule has 2 unspecified atom stereocenters. The number of para-hydroxylation sites is 3. The van der Waals surface area contributed by atoms with Crippen LogP contribution in [0.1, 0.15) is 17.2 Å². The minimum absolute atomic E-state index is 0.425. The van der Waals surface area contributed by atoms with Crippen LogP contribution >= 0.6 is 0 Å². The van der Waals surface area contributed by atoms with Crippen LogP contribution in [-0.4, -0.2) is 23.8 Å². The van der Waals surface area contributed by atoms with Gasteiger partial charge in [0.2, 0.25) is 6.10 Å². The first kappa shape index (κ1) is 17.9. The van der Waals surface area contributed by atoms with Gasteiger partial charge in [-0.2, -0.15) is 0 Å². The molecule has 28 heavy (non-hydrogen) atoms. The van der Waals surface area contributed by atoms with E-state index in [0.717, 1.165) is 6.42 Å². The van der Waals surface area contributed by atoms with Crippen LogP contribution < -0.4 is 14.2 Å². The first-order valence-electron chi connectivity index (χ1n) is 9.13. The maximum absolute atomic E-state index is 11.8. The van der Waals surface area contributed by atoms with Crippen molar-refractivity contribution >= 4 is 5.97 Å². The van der Waals surface area contributed by atoms with Gasteiger partial charge in [-0.25, -0.2) is 4.79 Å². The Hall–Kier alpha value is -3.47. The molecule has 3 aromatic rings. The molecular weight excluding hydrogens is 356 g/mol. The molecule has 5 nitrogen and oxygen atoms in total. The molecule has 142 valence electrons. The number of hydrogen-bond acceptors (Lipinski definition) is 4. The number of carboxylic acid groups (broad SMARTS) is 1. The van der Waals surface area contributed by atoms with E-state index in [-0.39, 0.29) is 0 Å². The minimum atomic E-state index is -1.16. The topological polar surface area (TPSA) is 65.0 Å². The number of rotatable bonds is 6. The molecule has 0 radical (unpaired) electrons. The van der Waals surface area contributed by atoms with Crippen LogP contribution in [0, 0.1) is 0 Å². The lowest BCUT2D eigenvalue weighted by Gasteiger charge is -2.32. The molecule has 1 heterocycles. The van der Waals surface area contributed by atoms with E-state index in [1.807, 2.05) is 60.7 Å². The fourth-order valence-corrected chi connectivity index (χ4v) is 3.22. The van der Waals surface area contributed by atoms with Gasteiger partial charge in [0.1, 0.15) is 5.75 Å². The van der Waals surface area contributed by atoms with Gasteiger partial charge in [0.05, 0.1) is 6.61 Å². The number of carbonyl (C=O) groups is 1. The van der Waals surface area contributed by atoms with E-state index in [1.54, 1.807) is 18.2 Å². The van der Waals surface area contributed by atoms with Gasteiger partial charge in [0.25, 0.3) is 0 Å². The van der Waals surface area contributed by atoms with E-state index >= 15 is 0 Å². The monoisotopic (exact) mass is 376 g/mol. The number of fused-ring (bicyclic) bond motifs is 1. The number of hydrogen-bond donors (Lipinski definition) is 1. The number of aliphatic carboxylic acids is 1. The van der Waals surface area contributed by atoms with Crippen molar-refractivity contribution in [3.05, 3.63) is 90.0 Å². The average Bonchev–Trinajstić information content (AvgIpc) is 2.74. The summed E-state index contributed by atoms with van der Waals surface area (Å²) in [7, 11) is 0. The molecule has 0 bridgehead atoms. The highest BCUT2D eigenvalue weighted by Gasteiger charge is 2.39. The van der Waals surface area contributed by atoms with Crippen LogP contribution in [0.3, 0.4) is 0 Å². The predicted molar refractivity (Wildman–Crippen MR) is 104 cm³/mol. The lowest BCUT2D eigenvalue weighted by Crippen LogP contribution is -2.39. The summed E-state index contributed by atoms with van der Waals surface area (Å²) in [4.78, 5) is 11.8. The summed E-state index contributed by atoms with van der Waals surface area (Å²) in [6.07, 6.45) is -1.21. The Balaban J connectivity index is 1.57. The van der Waals surface area contributed by atoms with Gasteiger partial charge in [0, 0.05) is 12.0 Å². The molecule has 1 N–H and O–H groups in total. The molecular formula is C23H20O5. The van der Waals surface area contributed by atoms with E-state index in [0.29, 0.717) is 29.4 Å². The van der Waals surface area contributed by atoms with Crippen molar-refractivity contribution in [2.75, 3.05) is 6.61 Å². The lowest BCUT2D eigenvalue weighted by molar-refractivity contribution is -0.151. The van der Waals surface area contributed by atoms with Crippen molar-refractivity contribution in [3.8, 4) is 17.2 Å². The molecule has 2 atom stereocenters. The van der Waals surface area contributed by atoms with Gasteiger partial charge in [-0.05, 0) is 23.8 Å². The molecule has 0 aliphatic carbocycles. The third-order valence-corrected chi connectivity index (χ3v) is 4.59. The van der Waals surface area contributed by atoms with Crippen molar-refractivity contribution < 1.29 is 24.1 Å². The Morgan fingerprint density at radius 1 is 0.857 bits per heavy atom. The zero-order valence-corrected chi connectivity index (χ0v) is 15.2. The Bertz CT molecular complexity index is 954. The summed E-state index contributed by atoms with van der Waals surface area (Å²) in [6.45, 7) is 0.475. The van der Waals surface area contributed by atoms with Gasteiger partial charge >= 0.3 is 5.97 Å². The molecule has 0 spiro atoms. The SMILES string of the molecule is O=C(O)C1Oc2ccccc2OC1c1ccccc1OCCc1ccccc1. The average molecular weight is 376 g/mol. The highest BCUT2D eigenvalue weighted by Crippen LogP contribution is 2.41. The van der Waals surface area contributed by atoms with Gasteiger partial charge < -0.3 is 19.3 Å². The quantitative estimate of drug-likeness (QED) is 0.696. The molecule has 0 amide bonds. The second kappa shape index (κ2) is 8.05. The first-order chi connectivity index (χ1) is 13.7. The van der Waals surface area contributed by atoms with Crippen molar-refractivity contribution in [2.24, 2.45) is 0 Å². The Morgan fingerprint density at radius 2 is 1.50 bits per heavy atom. The summed E-state index contributed by atoms with van der Waals surface area (Å²) >= 11 is 0. The normalized spacial score (nSPS) is 17.7. The number of ether oxygens (including phenoxy) is 3. The predicted octanol–water partition coefficient (Wildman–Crippen LogP) is 4.27. The van der Waals surface area contributed by atoms with Gasteiger partial charge in [-0.15, -0.1) is 0 Å². The summed E-state index contributed by atoms with van der Waals surface area (Å²) in [6, 6.07) is 24.4. The maximum Gasteiger partial charge on any atom is 0.349 e. The molecule has 3 aromatic carbocycles. The van der Waals surface area contributed by atoms with Crippen LogP contribution in [0.5, 0.6) is 17.2 Å². The van der Waals surface area contributed by atoms with Crippen LogP contribution in [0.15, 0.2) is 78.9 Å². The third-order valence-electron chi connectivity index (χ3n) is 4.59. The molecule has 0 fully saturated rings. The molecule has 4 rings (SSSR count). The lowest BCUT2D eigenvalue weighted by atomic mass is 10.0. The second-order valence-electron chi connectivity index (χ2n) is 6.48. The summed E-state index contributed by atoms with van der Waals surface area (Å²) < 4.78 is 17.7. The van der Waals surface area contributed by atoms with Gasteiger partial charge in [-0.3, -0.25) is 0 Å². The maximum atomic E-state index is 11.8. The number of benzene rings is 3. The first-order valence-corrected chi connectivity index (χ1v) is 9.13. The minimum Gasteiger partial charge on any atom is -0.493 e. The Labute approximate surface area is 163 Å². The molecule has 1 aliphatic heterocycles. The van der Waals surface area contributed by atoms with E-state index in [9.17, 15) is 9.90 Å². The summed E-state index contributed by atoms with van der Waals surface area (Å²) in [5, 5.41) is 9.67. The van der Waals surface area contributed by atoms with Crippen LogP contribution in [-0.2, 0) is 11.2 Å². The van der Waals surface area contributed by atoms with Gasteiger partial charge in [0.15, 0.2) is 17.6 Å². The van der Waals surface area contributed by atoms with Crippen molar-refractivity contribution in [1.29, 1.82) is 0 Å². The number of carboxylic acids is 1. The third kappa shape index (κ3) is 3.78. The summed E-state index contributed by atoms with van der Waals surface area (Å²) in [5.41, 5.74) is 1.83. The van der Waals surface area contributed by atoms with Crippen LogP contribution in [0.25, 0.3) is 0 Å². The molecule has 0 saturated heterocycles. The van der Waals surface area contributed by atoms with E-state index in [4.69, 9.17) is 14.2 Å². The van der Waals surface area contributed by atoms with E-state index in [2.05, 4.69) is 0 Å². The highest BCUT2D eigenvalue weighted by molar-refractivity contribution is 5.75. The zero-order valence-electron chi connectivity index (χ0n) is 15.2. The van der Waals surface area contributed by atoms with Gasteiger partial charge in [-0.1, -0.05) is 60.7 Å². The largest absolute Gasteiger partial charge is 0.493 e. The Morgan fingerprint density at radius 3 is 2.25 bits per heavy atom. The smallest absolute Gasteiger partial charge is 0.349 e. The van der Waals surface area contributed by atoms with Crippen molar-refractivity contribution in [2.45, 2.75) is 18.6 Å². The van der Waals surface area contributed by atoms with Crippen LogP contribution in [0.2, 0.25) is 0 Å². The molecule has 0 saturated carbocycles. The van der Waals surface area contributed by atoms with Crippen LogP contribution in [0.4, 0.5) is 0 Å². The summed E-state index contributed by atoms with van der Waals surface area (Å²) in [5.74, 6) is 0.453. The van der Waals surface area contributed by atoms with E-state index < -0.39 is 18.2 Å².